The van der Waals surface area contributed by atoms with Crippen LogP contribution in [0, 0.1) is 0 Å². The molecule has 2 N–H and O–H groups in total. The minimum Gasteiger partial charge on any atom is -0.462 e. The summed E-state index contributed by atoms with van der Waals surface area (Å²) in [6, 6.07) is 7.11. The molecule has 0 bridgehead atoms. The van der Waals surface area contributed by atoms with Gasteiger partial charge >= 0.3 is 5.97 Å². The predicted molar refractivity (Wildman–Crippen MR) is 72.3 cm³/mol. The van der Waals surface area contributed by atoms with Crippen LogP contribution in [0.3, 0.4) is 0 Å². The van der Waals surface area contributed by atoms with E-state index >= 15 is 0 Å². The summed E-state index contributed by atoms with van der Waals surface area (Å²) < 4.78 is 4.97. The Labute approximate surface area is 106 Å². The Morgan fingerprint density at radius 3 is 2.71 bits per heavy atom. The molecule has 4 nitrogen and oxygen atoms in total. The van der Waals surface area contributed by atoms with E-state index in [9.17, 15) is 4.79 Å². The molecule has 1 aromatic carbocycles. The molecule has 0 amide bonds. The summed E-state index contributed by atoms with van der Waals surface area (Å²) in [5, 5.41) is 6.42. The SMILES string of the molecule is CCNC(=S)Nc1ccccc1C(=O)OCC. The van der Waals surface area contributed by atoms with Crippen LogP contribution in [-0.4, -0.2) is 24.2 Å². The molecule has 5 heteroatoms. The third-order valence-electron chi connectivity index (χ3n) is 2.01. The smallest absolute Gasteiger partial charge is 0.340 e. The lowest BCUT2D eigenvalue weighted by molar-refractivity contribution is 0.0527. The van der Waals surface area contributed by atoms with E-state index in [0.717, 1.165) is 6.54 Å². The van der Waals surface area contributed by atoms with E-state index in [1.807, 2.05) is 13.0 Å². The molecule has 0 aliphatic rings. The lowest BCUT2D eigenvalue weighted by Crippen LogP contribution is -2.28. The Bertz CT molecular complexity index is 407. The highest BCUT2D eigenvalue weighted by Crippen LogP contribution is 2.16. The molecule has 0 radical (unpaired) electrons. The first-order chi connectivity index (χ1) is 8.19. The number of carbonyl (C=O) groups excluding carboxylic acids is 1. The van der Waals surface area contributed by atoms with Crippen molar-refractivity contribution in [1.29, 1.82) is 0 Å². The first-order valence-corrected chi connectivity index (χ1v) is 5.90. The van der Waals surface area contributed by atoms with Crippen LogP contribution in [0.25, 0.3) is 0 Å². The second-order valence-corrected chi connectivity index (χ2v) is 3.66. The summed E-state index contributed by atoms with van der Waals surface area (Å²) in [5.74, 6) is -0.352. The molecule has 0 unspecified atom stereocenters. The maximum Gasteiger partial charge on any atom is 0.340 e. The fourth-order valence-corrected chi connectivity index (χ4v) is 1.56. The predicted octanol–water partition coefficient (Wildman–Crippen LogP) is 2.17. The van der Waals surface area contributed by atoms with Crippen molar-refractivity contribution in [3.05, 3.63) is 29.8 Å². The van der Waals surface area contributed by atoms with Crippen LogP contribution >= 0.6 is 12.2 Å². The van der Waals surface area contributed by atoms with E-state index in [0.29, 0.717) is 23.0 Å². The number of para-hydroxylation sites is 1. The van der Waals surface area contributed by atoms with E-state index in [2.05, 4.69) is 10.6 Å². The highest BCUT2D eigenvalue weighted by Gasteiger charge is 2.12. The lowest BCUT2D eigenvalue weighted by Gasteiger charge is -2.12. The average Bonchev–Trinajstić information content (AvgIpc) is 2.30. The van der Waals surface area contributed by atoms with Gasteiger partial charge in [-0.15, -0.1) is 0 Å². The molecule has 92 valence electrons. The molecule has 0 spiro atoms. The number of anilines is 1. The van der Waals surface area contributed by atoms with Gasteiger partial charge in [0, 0.05) is 6.54 Å². The zero-order valence-electron chi connectivity index (χ0n) is 9.95. The number of esters is 1. The van der Waals surface area contributed by atoms with Gasteiger partial charge in [-0.25, -0.2) is 4.79 Å². The highest BCUT2D eigenvalue weighted by atomic mass is 32.1. The van der Waals surface area contributed by atoms with Crippen LogP contribution < -0.4 is 10.6 Å². The molecule has 1 rings (SSSR count). The number of rotatable bonds is 4. The van der Waals surface area contributed by atoms with Gasteiger partial charge in [-0.1, -0.05) is 12.1 Å². The van der Waals surface area contributed by atoms with Gasteiger partial charge in [-0.3, -0.25) is 0 Å². The molecule has 0 fully saturated rings. The molecule has 0 saturated carbocycles. The Morgan fingerprint density at radius 2 is 2.06 bits per heavy atom. The van der Waals surface area contributed by atoms with E-state index in [4.69, 9.17) is 17.0 Å². The standard InChI is InChI=1S/C12H16N2O2S/c1-3-13-12(17)14-10-8-6-5-7-9(10)11(15)16-4-2/h5-8H,3-4H2,1-2H3,(H2,13,14,17). The van der Waals surface area contributed by atoms with Crippen molar-refractivity contribution in [2.45, 2.75) is 13.8 Å². The van der Waals surface area contributed by atoms with Gasteiger partial charge in [0.2, 0.25) is 0 Å². The van der Waals surface area contributed by atoms with Gasteiger partial charge in [0.05, 0.1) is 17.9 Å². The third kappa shape index (κ3) is 4.03. The molecule has 0 aliphatic heterocycles. The van der Waals surface area contributed by atoms with Crippen molar-refractivity contribution in [3.8, 4) is 0 Å². The van der Waals surface area contributed by atoms with Crippen LogP contribution in [0.1, 0.15) is 24.2 Å². The number of thiocarbonyl (C=S) groups is 1. The maximum absolute atomic E-state index is 11.7. The van der Waals surface area contributed by atoms with Crippen molar-refractivity contribution in [2.24, 2.45) is 0 Å². The van der Waals surface area contributed by atoms with Crippen LogP contribution in [0.4, 0.5) is 5.69 Å². The monoisotopic (exact) mass is 252 g/mol. The zero-order valence-corrected chi connectivity index (χ0v) is 10.8. The Kier molecular flexibility index (Phi) is 5.42. The molecular formula is C12H16N2O2S. The summed E-state index contributed by atoms with van der Waals surface area (Å²) >= 11 is 5.07. The molecule has 0 aromatic heterocycles. The second kappa shape index (κ2) is 6.85. The van der Waals surface area contributed by atoms with E-state index in [-0.39, 0.29) is 5.97 Å². The molecule has 0 aliphatic carbocycles. The number of nitrogens with one attached hydrogen (secondary N) is 2. The van der Waals surface area contributed by atoms with Crippen molar-refractivity contribution in [2.75, 3.05) is 18.5 Å². The van der Waals surface area contributed by atoms with Gasteiger partial charge in [-0.2, -0.15) is 0 Å². The van der Waals surface area contributed by atoms with Crippen LogP contribution in [-0.2, 0) is 4.74 Å². The first kappa shape index (κ1) is 13.4. The van der Waals surface area contributed by atoms with Crippen molar-refractivity contribution < 1.29 is 9.53 Å². The second-order valence-electron chi connectivity index (χ2n) is 3.25. The van der Waals surface area contributed by atoms with Crippen molar-refractivity contribution in [3.63, 3.8) is 0 Å². The van der Waals surface area contributed by atoms with Gasteiger partial charge < -0.3 is 15.4 Å². The van der Waals surface area contributed by atoms with E-state index in [1.165, 1.54) is 0 Å². The van der Waals surface area contributed by atoms with Crippen LogP contribution in [0.15, 0.2) is 24.3 Å². The molecule has 1 aromatic rings. The van der Waals surface area contributed by atoms with Gasteiger partial charge in [0.25, 0.3) is 0 Å². The molecule has 0 heterocycles. The Balaban J connectivity index is 2.84. The molecular weight excluding hydrogens is 236 g/mol. The quantitative estimate of drug-likeness (QED) is 0.635. The number of ether oxygens (including phenoxy) is 1. The molecule has 0 atom stereocenters. The number of carbonyl (C=O) groups is 1. The van der Waals surface area contributed by atoms with Crippen molar-refractivity contribution >= 4 is 29.0 Å². The fraction of sp³-hybridized carbons (Fsp3) is 0.333. The maximum atomic E-state index is 11.7. The Hall–Kier alpha value is -1.62. The summed E-state index contributed by atoms with van der Waals surface area (Å²) in [4.78, 5) is 11.7. The average molecular weight is 252 g/mol. The molecule has 17 heavy (non-hydrogen) atoms. The number of hydrogen-bond donors (Lipinski definition) is 2. The Morgan fingerprint density at radius 1 is 1.35 bits per heavy atom. The van der Waals surface area contributed by atoms with E-state index < -0.39 is 0 Å². The zero-order chi connectivity index (χ0) is 12.7. The van der Waals surface area contributed by atoms with Crippen molar-refractivity contribution in [1.82, 2.24) is 5.32 Å². The van der Waals surface area contributed by atoms with Crippen LogP contribution in [0.5, 0.6) is 0 Å². The van der Waals surface area contributed by atoms with Gasteiger partial charge in [0.15, 0.2) is 5.11 Å². The number of benzene rings is 1. The first-order valence-electron chi connectivity index (χ1n) is 5.50. The molecule has 0 saturated heterocycles. The minimum atomic E-state index is -0.352. The topological polar surface area (TPSA) is 50.4 Å². The largest absolute Gasteiger partial charge is 0.462 e. The summed E-state index contributed by atoms with van der Waals surface area (Å²) in [5.41, 5.74) is 1.13. The van der Waals surface area contributed by atoms with Gasteiger partial charge in [-0.05, 0) is 38.2 Å². The number of hydrogen-bond acceptors (Lipinski definition) is 3. The van der Waals surface area contributed by atoms with Crippen LogP contribution in [0.2, 0.25) is 0 Å². The highest BCUT2D eigenvalue weighted by molar-refractivity contribution is 7.80. The van der Waals surface area contributed by atoms with Gasteiger partial charge in [0.1, 0.15) is 0 Å². The van der Waals surface area contributed by atoms with E-state index in [1.54, 1.807) is 25.1 Å². The summed E-state index contributed by atoms with van der Waals surface area (Å²) in [6.45, 7) is 4.81. The normalized spacial score (nSPS) is 9.53. The third-order valence-corrected chi connectivity index (χ3v) is 2.25. The summed E-state index contributed by atoms with van der Waals surface area (Å²) in [6.07, 6.45) is 0. The fourth-order valence-electron chi connectivity index (χ4n) is 1.31. The lowest BCUT2D eigenvalue weighted by atomic mass is 10.2. The minimum absolute atomic E-state index is 0.352. The summed E-state index contributed by atoms with van der Waals surface area (Å²) in [7, 11) is 0.